The van der Waals surface area contributed by atoms with Crippen molar-refractivity contribution >= 4 is 15.9 Å². The van der Waals surface area contributed by atoms with Gasteiger partial charge in [0.05, 0.1) is 17.1 Å². The van der Waals surface area contributed by atoms with Crippen LogP contribution in [0.15, 0.2) is 10.5 Å². The molecule has 4 heteroatoms. The molecule has 0 radical (unpaired) electrons. The third-order valence-electron chi connectivity index (χ3n) is 3.44. The fourth-order valence-electron chi connectivity index (χ4n) is 2.56. The number of rotatable bonds is 2. The Morgan fingerprint density at radius 2 is 2.00 bits per heavy atom. The highest BCUT2D eigenvalue weighted by Gasteiger charge is 2.22. The maximum Gasteiger partial charge on any atom is 0.134 e. The Bertz CT molecular complexity index is 420. The van der Waals surface area contributed by atoms with Crippen LogP contribution in [0.25, 0.3) is 0 Å². The Labute approximate surface area is 110 Å². The molecule has 0 spiro atoms. The summed E-state index contributed by atoms with van der Waals surface area (Å²) in [6, 6.07) is 1.49. The predicted molar refractivity (Wildman–Crippen MR) is 71.1 cm³/mol. The highest BCUT2D eigenvalue weighted by molar-refractivity contribution is 9.10. The molecule has 1 aliphatic rings. The van der Waals surface area contributed by atoms with Crippen LogP contribution in [0.1, 0.15) is 42.0 Å². The second-order valence-corrected chi connectivity index (χ2v) is 5.46. The molecule has 1 unspecified atom stereocenters. The number of phenolic OH excluding ortho intramolecular Hbond substituents is 1. The number of aryl methyl sites for hydroxylation is 1. The lowest BCUT2D eigenvalue weighted by molar-refractivity contribution is 0.264. The van der Waals surface area contributed by atoms with E-state index in [0.29, 0.717) is 4.47 Å². The fourth-order valence-corrected chi connectivity index (χ4v) is 3.05. The van der Waals surface area contributed by atoms with Gasteiger partial charge in [0.25, 0.3) is 0 Å². The molecule has 4 N–H and O–H groups in total. The second-order valence-electron chi connectivity index (χ2n) is 4.61. The van der Waals surface area contributed by atoms with Gasteiger partial charge in [-0.2, -0.15) is 0 Å². The number of nitrogens with two attached hydrogens (primary N) is 1. The van der Waals surface area contributed by atoms with E-state index in [0.717, 1.165) is 30.4 Å². The van der Waals surface area contributed by atoms with Crippen molar-refractivity contribution in [1.29, 1.82) is 0 Å². The molecule has 0 aromatic heterocycles. The Balaban J connectivity index is 2.57. The van der Waals surface area contributed by atoms with Crippen LogP contribution >= 0.6 is 15.9 Å². The van der Waals surface area contributed by atoms with Crippen LogP contribution in [0, 0.1) is 0 Å². The first kappa shape index (κ1) is 12.9. The SMILES string of the molecule is NC(CO)c1c(O)c(Br)cc2c1CCCCC2. The number of aliphatic hydroxyl groups is 1. The minimum absolute atomic E-state index is 0.142. The first-order valence-corrected chi connectivity index (χ1v) is 6.84. The third kappa shape index (κ3) is 2.49. The van der Waals surface area contributed by atoms with Crippen LogP contribution in [-0.4, -0.2) is 16.8 Å². The van der Waals surface area contributed by atoms with Crippen molar-refractivity contribution in [2.45, 2.75) is 38.1 Å². The third-order valence-corrected chi connectivity index (χ3v) is 4.04. The van der Waals surface area contributed by atoms with Crippen molar-refractivity contribution in [3.63, 3.8) is 0 Å². The molecule has 3 nitrogen and oxygen atoms in total. The number of hydrogen-bond donors (Lipinski definition) is 3. The van der Waals surface area contributed by atoms with Gasteiger partial charge in [-0.15, -0.1) is 0 Å². The number of fused-ring (bicyclic) bond motifs is 1. The van der Waals surface area contributed by atoms with Gasteiger partial charge in [-0.3, -0.25) is 0 Å². The summed E-state index contributed by atoms with van der Waals surface area (Å²) in [5, 5.41) is 19.3. The highest BCUT2D eigenvalue weighted by Crippen LogP contribution is 2.38. The molecule has 0 saturated heterocycles. The summed E-state index contributed by atoms with van der Waals surface area (Å²) < 4.78 is 0.678. The molecule has 0 amide bonds. The largest absolute Gasteiger partial charge is 0.506 e. The Hall–Kier alpha value is -0.580. The molecular weight excluding hydrogens is 282 g/mol. The molecule has 0 bridgehead atoms. The zero-order valence-electron chi connectivity index (χ0n) is 9.75. The van der Waals surface area contributed by atoms with Gasteiger partial charge in [-0.1, -0.05) is 6.42 Å². The minimum atomic E-state index is -0.501. The number of phenols is 1. The normalized spacial score (nSPS) is 17.4. The van der Waals surface area contributed by atoms with E-state index in [2.05, 4.69) is 15.9 Å². The molecule has 0 aliphatic heterocycles. The monoisotopic (exact) mass is 299 g/mol. The summed E-state index contributed by atoms with van der Waals surface area (Å²) in [6.07, 6.45) is 5.48. The molecule has 17 heavy (non-hydrogen) atoms. The Morgan fingerprint density at radius 3 is 2.71 bits per heavy atom. The fraction of sp³-hybridized carbons (Fsp3) is 0.538. The van der Waals surface area contributed by atoms with Crippen molar-refractivity contribution in [1.82, 2.24) is 0 Å². The standard InChI is InChI=1S/C13H18BrNO2/c14-10-6-8-4-2-1-3-5-9(8)12(13(10)17)11(15)7-16/h6,11,16-17H,1-5,7,15H2. The lowest BCUT2D eigenvalue weighted by Crippen LogP contribution is -2.18. The van der Waals surface area contributed by atoms with E-state index in [1.165, 1.54) is 18.4 Å². The molecule has 1 atom stereocenters. The van der Waals surface area contributed by atoms with E-state index in [9.17, 15) is 10.2 Å². The number of aliphatic hydroxyl groups excluding tert-OH is 1. The van der Waals surface area contributed by atoms with Gasteiger partial charge in [0.15, 0.2) is 0 Å². The molecule has 0 heterocycles. The van der Waals surface area contributed by atoms with Gasteiger partial charge in [0, 0.05) is 5.56 Å². The average Bonchev–Trinajstić information content (AvgIpc) is 2.55. The zero-order valence-corrected chi connectivity index (χ0v) is 11.3. The second kappa shape index (κ2) is 5.38. The first-order chi connectivity index (χ1) is 8.15. The van der Waals surface area contributed by atoms with Gasteiger partial charge >= 0.3 is 0 Å². The first-order valence-electron chi connectivity index (χ1n) is 6.04. The number of hydrogen-bond acceptors (Lipinski definition) is 3. The lowest BCUT2D eigenvalue weighted by Gasteiger charge is -2.19. The summed E-state index contributed by atoms with van der Waals surface area (Å²) in [7, 11) is 0. The summed E-state index contributed by atoms with van der Waals surface area (Å²) >= 11 is 3.36. The van der Waals surface area contributed by atoms with Crippen molar-refractivity contribution in [3.8, 4) is 5.75 Å². The summed E-state index contributed by atoms with van der Waals surface area (Å²) in [4.78, 5) is 0. The number of halogens is 1. The average molecular weight is 300 g/mol. The van der Waals surface area contributed by atoms with Crippen LogP contribution < -0.4 is 5.73 Å². The lowest BCUT2D eigenvalue weighted by atomic mass is 9.92. The molecule has 1 aromatic rings. The van der Waals surface area contributed by atoms with Crippen molar-refractivity contribution in [3.05, 3.63) is 27.2 Å². The topological polar surface area (TPSA) is 66.5 Å². The van der Waals surface area contributed by atoms with Crippen molar-refractivity contribution in [2.24, 2.45) is 5.73 Å². The van der Waals surface area contributed by atoms with Gasteiger partial charge in [0.1, 0.15) is 5.75 Å². The number of aromatic hydroxyl groups is 1. The zero-order chi connectivity index (χ0) is 12.4. The van der Waals surface area contributed by atoms with Crippen LogP contribution in [0.3, 0.4) is 0 Å². The van der Waals surface area contributed by atoms with E-state index in [-0.39, 0.29) is 12.4 Å². The van der Waals surface area contributed by atoms with E-state index in [1.54, 1.807) is 0 Å². The Morgan fingerprint density at radius 1 is 1.29 bits per heavy atom. The molecule has 1 aromatic carbocycles. The van der Waals surface area contributed by atoms with E-state index in [4.69, 9.17) is 5.73 Å². The van der Waals surface area contributed by atoms with Crippen LogP contribution in [0.2, 0.25) is 0 Å². The van der Waals surface area contributed by atoms with Gasteiger partial charge in [-0.05, 0) is 58.8 Å². The predicted octanol–water partition coefficient (Wildman–Crippen LogP) is 2.42. The molecule has 0 saturated carbocycles. The molecule has 2 rings (SSSR count). The van der Waals surface area contributed by atoms with Crippen LogP contribution in [-0.2, 0) is 12.8 Å². The molecule has 1 aliphatic carbocycles. The smallest absolute Gasteiger partial charge is 0.134 e. The van der Waals surface area contributed by atoms with Crippen LogP contribution in [0.5, 0.6) is 5.75 Å². The summed E-state index contributed by atoms with van der Waals surface area (Å²) in [5.41, 5.74) is 9.03. The van der Waals surface area contributed by atoms with E-state index >= 15 is 0 Å². The summed E-state index contributed by atoms with van der Waals surface area (Å²) in [6.45, 7) is -0.142. The molecule has 94 valence electrons. The Kier molecular flexibility index (Phi) is 4.07. The quantitative estimate of drug-likeness (QED) is 0.735. The highest BCUT2D eigenvalue weighted by atomic mass is 79.9. The van der Waals surface area contributed by atoms with Crippen LogP contribution in [0.4, 0.5) is 0 Å². The molecule has 0 fully saturated rings. The van der Waals surface area contributed by atoms with Gasteiger partial charge < -0.3 is 15.9 Å². The van der Waals surface area contributed by atoms with Gasteiger partial charge in [0.2, 0.25) is 0 Å². The van der Waals surface area contributed by atoms with Crippen molar-refractivity contribution in [2.75, 3.05) is 6.61 Å². The van der Waals surface area contributed by atoms with Gasteiger partial charge in [-0.25, -0.2) is 0 Å². The maximum absolute atomic E-state index is 10.1. The number of benzene rings is 1. The summed E-state index contributed by atoms with van der Waals surface area (Å²) in [5.74, 6) is 0.187. The maximum atomic E-state index is 10.1. The van der Waals surface area contributed by atoms with E-state index < -0.39 is 6.04 Å². The molecular formula is C13H18BrNO2. The van der Waals surface area contributed by atoms with E-state index in [1.807, 2.05) is 6.07 Å². The minimum Gasteiger partial charge on any atom is -0.506 e. The van der Waals surface area contributed by atoms with Crippen molar-refractivity contribution < 1.29 is 10.2 Å².